The monoisotopic (exact) mass is 533 g/mol. The molecule has 7 nitrogen and oxygen atoms in total. The van der Waals surface area contributed by atoms with E-state index in [9.17, 15) is 31.1 Å². The number of fused-ring (bicyclic) bond motifs is 3. The van der Waals surface area contributed by atoms with Gasteiger partial charge in [0, 0.05) is 11.1 Å². The highest BCUT2D eigenvalue weighted by Crippen LogP contribution is 2.46. The maximum atomic E-state index is 15.3. The third-order valence-corrected chi connectivity index (χ3v) is 5.56. The van der Waals surface area contributed by atoms with Crippen LogP contribution in [0.3, 0.4) is 0 Å². The summed E-state index contributed by atoms with van der Waals surface area (Å²) in [5.41, 5.74) is -2.44. The molecule has 37 heavy (non-hydrogen) atoms. The van der Waals surface area contributed by atoms with Gasteiger partial charge in [-0.25, -0.2) is 4.39 Å². The number of nitrogens with zero attached hydrogens (tertiary/aromatic N) is 3. The number of methoxy groups -OCH3 is 1. The molecule has 4 rings (SSSR count). The van der Waals surface area contributed by atoms with Crippen molar-refractivity contribution >= 4 is 5.97 Å². The van der Waals surface area contributed by atoms with E-state index >= 15 is 4.39 Å². The quantitative estimate of drug-likeness (QED) is 0.316. The lowest BCUT2D eigenvalue weighted by molar-refractivity contribution is -0.147. The number of benzene rings is 2. The zero-order valence-corrected chi connectivity index (χ0v) is 19.2. The van der Waals surface area contributed by atoms with Gasteiger partial charge in [-0.15, -0.1) is 10.2 Å². The van der Waals surface area contributed by atoms with Gasteiger partial charge >= 0.3 is 18.3 Å². The Bertz CT molecular complexity index is 1320. The molecule has 0 bridgehead atoms. The number of carbonyl (C=O) groups is 1. The van der Waals surface area contributed by atoms with Crippen molar-refractivity contribution in [3.8, 4) is 11.4 Å². The number of carbonyl (C=O) groups excluding carboxylic acids is 1. The molecular formula is C23H18F7N3O4. The van der Waals surface area contributed by atoms with Gasteiger partial charge in [-0.3, -0.25) is 9.36 Å². The first-order valence-electron chi connectivity index (χ1n) is 10.7. The molecule has 1 aliphatic heterocycles. The Kier molecular flexibility index (Phi) is 6.88. The van der Waals surface area contributed by atoms with Gasteiger partial charge in [-0.2, -0.15) is 26.3 Å². The topological polar surface area (TPSA) is 75.5 Å². The van der Waals surface area contributed by atoms with E-state index in [0.29, 0.717) is 16.7 Å². The van der Waals surface area contributed by atoms with Gasteiger partial charge in [-0.1, -0.05) is 12.1 Å². The number of rotatable bonds is 5. The second-order valence-electron chi connectivity index (χ2n) is 7.86. The van der Waals surface area contributed by atoms with E-state index in [2.05, 4.69) is 10.2 Å². The molecule has 14 heteroatoms. The number of aromatic nitrogens is 3. The molecular weight excluding hydrogens is 515 g/mol. The van der Waals surface area contributed by atoms with E-state index in [-0.39, 0.29) is 17.9 Å². The normalized spacial score (nSPS) is 17.5. The van der Waals surface area contributed by atoms with Crippen molar-refractivity contribution in [1.82, 2.24) is 14.8 Å². The van der Waals surface area contributed by atoms with Gasteiger partial charge in [0.05, 0.1) is 31.4 Å². The zero-order chi connectivity index (χ0) is 27.1. The minimum atomic E-state index is -5.08. The number of ether oxygens (including phenoxy) is 3. The third-order valence-electron chi connectivity index (χ3n) is 5.56. The van der Waals surface area contributed by atoms with Crippen LogP contribution < -0.4 is 4.74 Å². The van der Waals surface area contributed by atoms with Crippen LogP contribution in [0.15, 0.2) is 36.4 Å². The van der Waals surface area contributed by atoms with Gasteiger partial charge in [-0.05, 0) is 31.2 Å². The lowest BCUT2D eigenvalue weighted by atomic mass is 9.96. The molecule has 0 spiro atoms. The van der Waals surface area contributed by atoms with Crippen LogP contribution in [-0.2, 0) is 26.6 Å². The van der Waals surface area contributed by atoms with E-state index in [1.807, 2.05) is 0 Å². The molecule has 0 unspecified atom stereocenters. The van der Waals surface area contributed by atoms with E-state index < -0.39 is 71.2 Å². The highest BCUT2D eigenvalue weighted by molar-refractivity contribution is 5.70. The van der Waals surface area contributed by atoms with Crippen LogP contribution in [0.4, 0.5) is 30.7 Å². The summed E-state index contributed by atoms with van der Waals surface area (Å²) >= 11 is 0. The Hall–Kier alpha value is -3.68. The molecule has 2 heterocycles. The van der Waals surface area contributed by atoms with Gasteiger partial charge in [0.25, 0.3) is 0 Å². The van der Waals surface area contributed by atoms with E-state index in [1.54, 1.807) is 0 Å². The van der Waals surface area contributed by atoms with Crippen LogP contribution in [0.2, 0.25) is 0 Å². The molecule has 0 saturated carbocycles. The van der Waals surface area contributed by atoms with Crippen molar-refractivity contribution in [3.05, 3.63) is 70.6 Å². The number of hydrogen-bond acceptors (Lipinski definition) is 6. The number of esters is 1. The average molecular weight is 533 g/mol. The zero-order valence-electron chi connectivity index (χ0n) is 19.2. The molecule has 198 valence electrons. The first-order chi connectivity index (χ1) is 17.4. The van der Waals surface area contributed by atoms with Crippen molar-refractivity contribution in [2.75, 3.05) is 13.7 Å². The van der Waals surface area contributed by atoms with Crippen molar-refractivity contribution in [1.29, 1.82) is 0 Å². The second kappa shape index (κ2) is 9.65. The largest absolute Gasteiger partial charge is 0.494 e. The Morgan fingerprint density at radius 2 is 1.78 bits per heavy atom. The van der Waals surface area contributed by atoms with Gasteiger partial charge in [0.1, 0.15) is 12.2 Å². The Morgan fingerprint density at radius 1 is 1.05 bits per heavy atom. The Labute approximate surface area is 204 Å². The smallest absolute Gasteiger partial charge is 0.452 e. The van der Waals surface area contributed by atoms with Gasteiger partial charge < -0.3 is 14.2 Å². The van der Waals surface area contributed by atoms with Crippen LogP contribution in [-0.4, -0.2) is 34.5 Å². The summed E-state index contributed by atoms with van der Waals surface area (Å²) in [5, 5.41) is 6.72. The minimum absolute atomic E-state index is 0.0604. The first kappa shape index (κ1) is 26.4. The maximum Gasteiger partial charge on any atom is 0.452 e. The molecule has 0 aliphatic carbocycles. The van der Waals surface area contributed by atoms with Crippen LogP contribution in [0, 0.1) is 5.82 Å². The number of alkyl halides is 6. The highest BCUT2D eigenvalue weighted by Gasteiger charge is 2.44. The molecule has 3 aromatic rings. The summed E-state index contributed by atoms with van der Waals surface area (Å²) in [7, 11) is 1.16. The molecule has 2 atom stereocenters. The summed E-state index contributed by atoms with van der Waals surface area (Å²) in [6.45, 7) is 1.44. The lowest BCUT2D eigenvalue weighted by Gasteiger charge is -2.24. The molecule has 1 aromatic heterocycles. The van der Waals surface area contributed by atoms with E-state index in [0.717, 1.165) is 13.2 Å². The summed E-state index contributed by atoms with van der Waals surface area (Å²) in [6.07, 6.45) is -13.9. The Balaban J connectivity index is 2.03. The van der Waals surface area contributed by atoms with Crippen molar-refractivity contribution in [2.24, 2.45) is 0 Å². The molecule has 0 radical (unpaired) electrons. The summed E-state index contributed by atoms with van der Waals surface area (Å²) in [5.74, 6) is -4.26. The van der Waals surface area contributed by atoms with Gasteiger partial charge in [0.15, 0.2) is 17.4 Å². The van der Waals surface area contributed by atoms with Crippen molar-refractivity contribution < 1.29 is 49.7 Å². The molecule has 0 N–H and O–H groups in total. The summed E-state index contributed by atoms with van der Waals surface area (Å²) < 4.78 is 114. The first-order valence-corrected chi connectivity index (χ1v) is 10.7. The third kappa shape index (κ3) is 4.97. The van der Waals surface area contributed by atoms with E-state index in [1.165, 1.54) is 25.1 Å². The molecule has 0 saturated heterocycles. The molecule has 0 amide bonds. The number of halogens is 7. The van der Waals surface area contributed by atoms with E-state index in [4.69, 9.17) is 14.2 Å². The highest BCUT2D eigenvalue weighted by atomic mass is 19.4. The summed E-state index contributed by atoms with van der Waals surface area (Å²) in [4.78, 5) is 12.3. The molecule has 0 fully saturated rings. The van der Waals surface area contributed by atoms with Crippen LogP contribution in [0.1, 0.15) is 53.9 Å². The minimum Gasteiger partial charge on any atom is -0.494 e. The van der Waals surface area contributed by atoms with Crippen molar-refractivity contribution in [3.63, 3.8) is 0 Å². The fourth-order valence-corrected chi connectivity index (χ4v) is 4.01. The Morgan fingerprint density at radius 3 is 2.41 bits per heavy atom. The predicted octanol–water partition coefficient (Wildman–Crippen LogP) is 5.57. The SMILES string of the molecule is CCOC(=O)C[C@@H]1O[C@@H](c2cccc(OC)c2F)c2cc(C(F)(F)F)ccc2-n2c1nnc2C(F)(F)F. The standard InChI is InChI=1S/C23H18F7N3O4/c1-3-36-17(34)10-16-20-31-32-21(23(28,29)30)33(20)14-8-7-11(22(25,26)27)9-13(14)19(37-16)12-5-4-6-15(35-2)18(12)24/h4-9,16,19H,3,10H2,1-2H3/t16-,19-/m0/s1. The second-order valence-corrected chi connectivity index (χ2v) is 7.86. The fourth-order valence-electron chi connectivity index (χ4n) is 4.01. The van der Waals surface area contributed by atoms with Gasteiger partial charge in [0.2, 0.25) is 5.82 Å². The van der Waals surface area contributed by atoms with Crippen LogP contribution in [0.25, 0.3) is 5.69 Å². The maximum absolute atomic E-state index is 15.3. The molecule has 1 aliphatic rings. The predicted molar refractivity (Wildman–Crippen MR) is 111 cm³/mol. The lowest BCUT2D eigenvalue weighted by Crippen LogP contribution is -2.18. The summed E-state index contributed by atoms with van der Waals surface area (Å²) in [6, 6.07) is 5.70. The fraction of sp³-hybridized carbons (Fsp3) is 0.348. The van der Waals surface area contributed by atoms with Crippen LogP contribution >= 0.6 is 0 Å². The number of hydrogen-bond donors (Lipinski definition) is 0. The van der Waals surface area contributed by atoms with Crippen molar-refractivity contribution in [2.45, 2.75) is 37.9 Å². The molecule has 2 aromatic carbocycles. The average Bonchev–Trinajstić information content (AvgIpc) is 3.22. The van der Waals surface area contributed by atoms with Crippen LogP contribution in [0.5, 0.6) is 5.75 Å².